The van der Waals surface area contributed by atoms with E-state index < -0.39 is 5.97 Å². The first-order chi connectivity index (χ1) is 10.1. The van der Waals surface area contributed by atoms with Gasteiger partial charge in [-0.15, -0.1) is 0 Å². The van der Waals surface area contributed by atoms with Crippen LogP contribution >= 0.6 is 0 Å². The van der Waals surface area contributed by atoms with E-state index in [0.717, 1.165) is 22.8 Å². The van der Waals surface area contributed by atoms with Crippen molar-refractivity contribution >= 4 is 12.0 Å². The zero-order valence-electron chi connectivity index (χ0n) is 11.9. The molecular weight excluding hydrogens is 268 g/mol. The van der Waals surface area contributed by atoms with E-state index in [4.69, 9.17) is 14.6 Å². The van der Waals surface area contributed by atoms with E-state index >= 15 is 0 Å². The second-order valence-electron chi connectivity index (χ2n) is 4.37. The topological polar surface area (TPSA) is 55.8 Å². The van der Waals surface area contributed by atoms with Crippen LogP contribution in [0.25, 0.3) is 17.2 Å². The molecule has 21 heavy (non-hydrogen) atoms. The molecule has 0 saturated heterocycles. The van der Waals surface area contributed by atoms with E-state index in [0.29, 0.717) is 11.5 Å². The van der Waals surface area contributed by atoms with Crippen LogP contribution in [0, 0.1) is 0 Å². The number of rotatable bonds is 5. The van der Waals surface area contributed by atoms with Crippen LogP contribution in [-0.4, -0.2) is 25.3 Å². The predicted octanol–water partition coefficient (Wildman–Crippen LogP) is 3.47. The number of carboxylic acid groups (broad SMARTS) is 1. The van der Waals surface area contributed by atoms with Gasteiger partial charge in [-0.3, -0.25) is 0 Å². The van der Waals surface area contributed by atoms with E-state index in [-0.39, 0.29) is 0 Å². The van der Waals surface area contributed by atoms with Crippen LogP contribution in [0.3, 0.4) is 0 Å². The Morgan fingerprint density at radius 1 is 1.00 bits per heavy atom. The van der Waals surface area contributed by atoms with Crippen molar-refractivity contribution in [1.82, 2.24) is 0 Å². The molecule has 0 heterocycles. The van der Waals surface area contributed by atoms with Crippen molar-refractivity contribution in [2.75, 3.05) is 14.2 Å². The molecular formula is C17H16O4. The lowest BCUT2D eigenvalue weighted by atomic mass is 10.0. The van der Waals surface area contributed by atoms with E-state index in [1.54, 1.807) is 20.3 Å². The van der Waals surface area contributed by atoms with Crippen LogP contribution in [0.4, 0.5) is 0 Å². The molecule has 0 fully saturated rings. The van der Waals surface area contributed by atoms with Crippen molar-refractivity contribution in [3.05, 3.63) is 54.1 Å². The van der Waals surface area contributed by atoms with E-state index in [9.17, 15) is 4.79 Å². The van der Waals surface area contributed by atoms with Gasteiger partial charge in [0.25, 0.3) is 0 Å². The Morgan fingerprint density at radius 2 is 1.71 bits per heavy atom. The van der Waals surface area contributed by atoms with Gasteiger partial charge in [0.2, 0.25) is 0 Å². The van der Waals surface area contributed by atoms with Crippen LogP contribution in [0.1, 0.15) is 5.56 Å². The smallest absolute Gasteiger partial charge is 0.328 e. The Balaban J connectivity index is 2.38. The van der Waals surface area contributed by atoms with E-state index in [2.05, 4.69) is 0 Å². The van der Waals surface area contributed by atoms with Crippen molar-refractivity contribution in [3.63, 3.8) is 0 Å². The summed E-state index contributed by atoms with van der Waals surface area (Å²) < 4.78 is 10.5. The minimum Gasteiger partial charge on any atom is -0.493 e. The largest absolute Gasteiger partial charge is 0.493 e. The Labute approximate surface area is 123 Å². The molecule has 0 saturated carbocycles. The highest BCUT2D eigenvalue weighted by molar-refractivity contribution is 5.85. The molecule has 0 aromatic heterocycles. The number of benzene rings is 2. The molecule has 0 radical (unpaired) electrons. The van der Waals surface area contributed by atoms with Crippen molar-refractivity contribution in [2.45, 2.75) is 0 Å². The number of hydrogen-bond acceptors (Lipinski definition) is 3. The predicted molar refractivity (Wildman–Crippen MR) is 81.7 cm³/mol. The first kappa shape index (κ1) is 14.7. The van der Waals surface area contributed by atoms with Crippen molar-refractivity contribution in [1.29, 1.82) is 0 Å². The number of methoxy groups -OCH3 is 2. The molecule has 0 amide bonds. The average molecular weight is 284 g/mol. The first-order valence-electron chi connectivity index (χ1n) is 6.37. The molecule has 2 rings (SSSR count). The van der Waals surface area contributed by atoms with Gasteiger partial charge in [-0.1, -0.05) is 24.3 Å². The van der Waals surface area contributed by atoms with Gasteiger partial charge in [-0.05, 0) is 41.0 Å². The highest BCUT2D eigenvalue weighted by Crippen LogP contribution is 2.32. The number of hydrogen-bond donors (Lipinski definition) is 1. The normalized spacial score (nSPS) is 10.6. The molecule has 4 heteroatoms. The molecule has 108 valence electrons. The summed E-state index contributed by atoms with van der Waals surface area (Å²) in [4.78, 5) is 10.6. The van der Waals surface area contributed by atoms with Crippen LogP contribution in [-0.2, 0) is 4.79 Å². The first-order valence-corrected chi connectivity index (χ1v) is 6.37. The number of aliphatic carboxylic acids is 1. The Hall–Kier alpha value is -2.75. The van der Waals surface area contributed by atoms with Gasteiger partial charge in [0.05, 0.1) is 14.2 Å². The molecule has 1 N–H and O–H groups in total. The summed E-state index contributed by atoms with van der Waals surface area (Å²) in [6, 6.07) is 13.3. The molecule has 4 nitrogen and oxygen atoms in total. The number of carbonyl (C=O) groups is 1. The maximum atomic E-state index is 10.6. The third-order valence-corrected chi connectivity index (χ3v) is 3.02. The summed E-state index contributed by atoms with van der Waals surface area (Å²) in [7, 11) is 3.18. The summed E-state index contributed by atoms with van der Waals surface area (Å²) >= 11 is 0. The lowest BCUT2D eigenvalue weighted by Gasteiger charge is -2.10. The summed E-state index contributed by atoms with van der Waals surface area (Å²) in [6.07, 6.45) is 2.68. The van der Waals surface area contributed by atoms with E-state index in [1.165, 1.54) is 0 Å². The van der Waals surface area contributed by atoms with Gasteiger partial charge in [0, 0.05) is 6.08 Å². The van der Waals surface area contributed by atoms with Crippen molar-refractivity contribution in [2.24, 2.45) is 0 Å². The molecule has 0 aliphatic carbocycles. The summed E-state index contributed by atoms with van der Waals surface area (Å²) in [5, 5.41) is 8.67. The fourth-order valence-electron chi connectivity index (χ4n) is 2.01. The van der Waals surface area contributed by atoms with Crippen LogP contribution in [0.15, 0.2) is 48.5 Å². The highest BCUT2D eigenvalue weighted by atomic mass is 16.5. The van der Waals surface area contributed by atoms with Crippen molar-refractivity contribution in [3.8, 4) is 22.6 Å². The quantitative estimate of drug-likeness (QED) is 0.854. The van der Waals surface area contributed by atoms with E-state index in [1.807, 2.05) is 42.5 Å². The van der Waals surface area contributed by atoms with Gasteiger partial charge < -0.3 is 14.6 Å². The van der Waals surface area contributed by atoms with Gasteiger partial charge in [-0.2, -0.15) is 0 Å². The van der Waals surface area contributed by atoms with Gasteiger partial charge in [0.1, 0.15) is 0 Å². The monoisotopic (exact) mass is 284 g/mol. The minimum absolute atomic E-state index is 0.654. The van der Waals surface area contributed by atoms with Gasteiger partial charge in [0.15, 0.2) is 11.5 Å². The molecule has 0 aliphatic heterocycles. The molecule has 2 aromatic rings. The molecule has 0 aliphatic rings. The third kappa shape index (κ3) is 3.63. The zero-order valence-corrected chi connectivity index (χ0v) is 11.9. The van der Waals surface area contributed by atoms with Crippen LogP contribution in [0.5, 0.6) is 11.5 Å². The number of ether oxygens (including phenoxy) is 2. The Morgan fingerprint density at radius 3 is 2.38 bits per heavy atom. The van der Waals surface area contributed by atoms with Gasteiger partial charge in [-0.25, -0.2) is 4.79 Å². The zero-order chi connectivity index (χ0) is 15.2. The molecule has 0 spiro atoms. The Kier molecular flexibility index (Phi) is 4.61. The SMILES string of the molecule is COc1ccc(-c2cccc(/C=C\C(=O)O)c2)cc1OC. The molecule has 2 aromatic carbocycles. The van der Waals surface area contributed by atoms with Crippen LogP contribution < -0.4 is 9.47 Å². The Bertz CT molecular complexity index is 674. The maximum absolute atomic E-state index is 10.6. The molecule has 0 unspecified atom stereocenters. The second kappa shape index (κ2) is 6.61. The summed E-state index contributed by atoms with van der Waals surface area (Å²) in [6.45, 7) is 0. The van der Waals surface area contributed by atoms with Crippen LogP contribution in [0.2, 0.25) is 0 Å². The second-order valence-corrected chi connectivity index (χ2v) is 4.37. The maximum Gasteiger partial charge on any atom is 0.328 e. The standard InChI is InChI=1S/C17H16O4/c1-20-15-8-7-14(11-16(15)21-2)13-5-3-4-12(10-13)6-9-17(18)19/h3-11H,1-2H3,(H,18,19)/b9-6-. The fourth-order valence-corrected chi connectivity index (χ4v) is 2.01. The summed E-state index contributed by atoms with van der Waals surface area (Å²) in [5.74, 6) is 0.358. The summed E-state index contributed by atoms with van der Waals surface area (Å²) in [5.41, 5.74) is 2.77. The average Bonchev–Trinajstić information content (AvgIpc) is 2.52. The molecule has 0 bridgehead atoms. The minimum atomic E-state index is -0.966. The lowest BCUT2D eigenvalue weighted by molar-refractivity contribution is -0.131. The van der Waals surface area contributed by atoms with Crippen molar-refractivity contribution < 1.29 is 19.4 Å². The lowest BCUT2D eigenvalue weighted by Crippen LogP contribution is -1.91. The highest BCUT2D eigenvalue weighted by Gasteiger charge is 2.06. The van der Waals surface area contributed by atoms with Gasteiger partial charge >= 0.3 is 5.97 Å². The molecule has 0 atom stereocenters. The number of carboxylic acids is 1. The third-order valence-electron chi connectivity index (χ3n) is 3.02. The fraction of sp³-hybridized carbons (Fsp3) is 0.118.